The minimum Gasteiger partial charge on any atom is -0.314 e. The van der Waals surface area contributed by atoms with Crippen molar-refractivity contribution in [3.05, 3.63) is 81.0 Å². The quantitative estimate of drug-likeness (QED) is 0.715. The average Bonchev–Trinajstić information content (AvgIpc) is 3.22. The van der Waals surface area contributed by atoms with E-state index in [2.05, 4.69) is 20.9 Å². The topological polar surface area (TPSA) is 39.2 Å². The summed E-state index contributed by atoms with van der Waals surface area (Å²) in [5.41, 5.74) is 4.09. The third-order valence-corrected chi connectivity index (χ3v) is 6.47. The summed E-state index contributed by atoms with van der Waals surface area (Å²) in [4.78, 5) is 24.5. The monoisotopic (exact) mass is 440 g/mol. The molecule has 0 aliphatic carbocycles. The predicted octanol–water partition coefficient (Wildman–Crippen LogP) is 4.17. The summed E-state index contributed by atoms with van der Waals surface area (Å²) in [6.07, 6.45) is 0.848. The zero-order valence-corrected chi connectivity index (χ0v) is 18.0. The second kappa shape index (κ2) is 8.06. The molecule has 0 unspecified atom stereocenters. The zero-order valence-electron chi connectivity index (χ0n) is 16.5. The van der Waals surface area contributed by atoms with Crippen molar-refractivity contribution in [2.24, 2.45) is 4.99 Å². The molecule has 2 aromatic carbocycles. The number of carbonyl (C=O) groups excluding carboxylic acids is 1. The second-order valence-electron chi connectivity index (χ2n) is 7.83. The van der Waals surface area contributed by atoms with Gasteiger partial charge in [0.2, 0.25) is 5.96 Å². The number of nitrogens with zero attached hydrogens (tertiary/aromatic N) is 4. The molecular weight excluding hydrogens is 419 g/mol. The predicted molar refractivity (Wildman–Crippen MR) is 119 cm³/mol. The lowest BCUT2D eigenvalue weighted by molar-refractivity contribution is -0.125. The van der Waals surface area contributed by atoms with E-state index >= 15 is 0 Å². The largest absolute Gasteiger partial charge is 0.314 e. The Morgan fingerprint density at radius 2 is 1.87 bits per heavy atom. The molecule has 0 fully saturated rings. The SMILES string of the molecule is O=C1C2=C(CCN(Cc3cccc(Cl)c3)C2)N2CCN=C2N1Cc1ccccc1Cl. The molecule has 2 aromatic rings. The van der Waals surface area contributed by atoms with Crippen molar-refractivity contribution in [3.8, 4) is 0 Å². The molecule has 3 aliphatic rings. The molecule has 5 rings (SSSR count). The van der Waals surface area contributed by atoms with Gasteiger partial charge in [-0.15, -0.1) is 0 Å². The molecule has 0 bridgehead atoms. The summed E-state index contributed by atoms with van der Waals surface area (Å²) in [6, 6.07) is 15.6. The Bertz CT molecular complexity index is 1060. The van der Waals surface area contributed by atoms with Crippen LogP contribution in [0.1, 0.15) is 17.5 Å². The van der Waals surface area contributed by atoms with Gasteiger partial charge in [-0.2, -0.15) is 0 Å². The van der Waals surface area contributed by atoms with E-state index in [0.717, 1.165) is 59.4 Å². The van der Waals surface area contributed by atoms with Crippen LogP contribution in [0.2, 0.25) is 10.0 Å². The lowest BCUT2D eigenvalue weighted by Gasteiger charge is -2.42. The van der Waals surface area contributed by atoms with Gasteiger partial charge >= 0.3 is 0 Å². The highest BCUT2D eigenvalue weighted by Gasteiger charge is 2.41. The maximum absolute atomic E-state index is 13.5. The van der Waals surface area contributed by atoms with E-state index in [1.54, 1.807) is 4.90 Å². The van der Waals surface area contributed by atoms with Gasteiger partial charge in [-0.05, 0) is 29.3 Å². The van der Waals surface area contributed by atoms with Gasteiger partial charge in [-0.1, -0.05) is 53.5 Å². The normalized spacial score (nSPS) is 19.1. The van der Waals surface area contributed by atoms with E-state index in [4.69, 9.17) is 23.2 Å². The molecule has 0 saturated heterocycles. The fourth-order valence-electron chi connectivity index (χ4n) is 4.44. The van der Waals surface area contributed by atoms with Crippen molar-refractivity contribution >= 4 is 35.1 Å². The number of rotatable bonds is 4. The molecule has 0 spiro atoms. The van der Waals surface area contributed by atoms with Crippen molar-refractivity contribution in [2.75, 3.05) is 26.2 Å². The van der Waals surface area contributed by atoms with E-state index in [-0.39, 0.29) is 5.91 Å². The molecule has 30 heavy (non-hydrogen) atoms. The van der Waals surface area contributed by atoms with Crippen LogP contribution in [0.3, 0.4) is 0 Å². The minimum atomic E-state index is 0.0395. The minimum absolute atomic E-state index is 0.0395. The number of carbonyl (C=O) groups is 1. The number of guanidine groups is 1. The molecule has 5 nitrogen and oxygen atoms in total. The molecular formula is C23H22Cl2N4O. The third-order valence-electron chi connectivity index (χ3n) is 5.87. The number of hydrogen-bond donors (Lipinski definition) is 0. The van der Waals surface area contributed by atoms with Crippen molar-refractivity contribution < 1.29 is 4.79 Å². The van der Waals surface area contributed by atoms with Crippen LogP contribution in [-0.4, -0.2) is 52.7 Å². The summed E-state index contributed by atoms with van der Waals surface area (Å²) in [5, 5.41) is 1.41. The molecule has 7 heteroatoms. The van der Waals surface area contributed by atoms with Crippen molar-refractivity contribution in [1.82, 2.24) is 14.7 Å². The summed E-state index contributed by atoms with van der Waals surface area (Å²) in [7, 11) is 0. The molecule has 154 valence electrons. The summed E-state index contributed by atoms with van der Waals surface area (Å²) >= 11 is 12.5. The van der Waals surface area contributed by atoms with Gasteiger partial charge in [0.15, 0.2) is 0 Å². The highest BCUT2D eigenvalue weighted by Crippen LogP contribution is 2.33. The summed E-state index contributed by atoms with van der Waals surface area (Å²) in [5.74, 6) is 0.805. The van der Waals surface area contributed by atoms with Crippen LogP contribution < -0.4 is 0 Å². The second-order valence-corrected chi connectivity index (χ2v) is 8.68. The Morgan fingerprint density at radius 3 is 2.70 bits per heavy atom. The highest BCUT2D eigenvalue weighted by molar-refractivity contribution is 6.31. The fourth-order valence-corrected chi connectivity index (χ4v) is 4.85. The molecule has 0 radical (unpaired) electrons. The number of amides is 1. The molecule has 3 heterocycles. The number of fused-ring (bicyclic) bond motifs is 2. The first-order valence-corrected chi connectivity index (χ1v) is 10.9. The summed E-state index contributed by atoms with van der Waals surface area (Å²) in [6.45, 7) is 4.28. The molecule has 0 atom stereocenters. The van der Waals surface area contributed by atoms with Crippen LogP contribution in [0.5, 0.6) is 0 Å². The van der Waals surface area contributed by atoms with Gasteiger partial charge in [0.05, 0.1) is 18.7 Å². The first-order valence-electron chi connectivity index (χ1n) is 10.2. The average molecular weight is 441 g/mol. The Hall–Kier alpha value is -2.34. The number of benzene rings is 2. The molecule has 0 N–H and O–H groups in total. The van der Waals surface area contributed by atoms with Crippen molar-refractivity contribution in [3.63, 3.8) is 0 Å². The van der Waals surface area contributed by atoms with Crippen molar-refractivity contribution in [1.29, 1.82) is 0 Å². The van der Waals surface area contributed by atoms with Gasteiger partial charge in [-0.25, -0.2) is 0 Å². The first kappa shape index (κ1) is 19.6. The molecule has 0 aromatic heterocycles. The van der Waals surface area contributed by atoms with E-state index in [0.29, 0.717) is 24.7 Å². The molecule has 0 saturated carbocycles. The van der Waals surface area contributed by atoms with Crippen LogP contribution in [0.4, 0.5) is 0 Å². The Labute approximate surface area is 186 Å². The van der Waals surface area contributed by atoms with Crippen LogP contribution in [0.25, 0.3) is 0 Å². The number of halogens is 2. The maximum atomic E-state index is 13.5. The van der Waals surface area contributed by atoms with E-state index in [1.165, 1.54) is 0 Å². The fraction of sp³-hybridized carbons (Fsp3) is 0.304. The van der Waals surface area contributed by atoms with Crippen LogP contribution in [0, 0.1) is 0 Å². The van der Waals surface area contributed by atoms with Crippen LogP contribution in [0.15, 0.2) is 64.8 Å². The van der Waals surface area contributed by atoms with Crippen LogP contribution in [-0.2, 0) is 17.9 Å². The number of hydrogen-bond acceptors (Lipinski definition) is 4. The Morgan fingerprint density at radius 1 is 1.00 bits per heavy atom. The van der Waals surface area contributed by atoms with Crippen molar-refractivity contribution in [2.45, 2.75) is 19.5 Å². The standard InChI is InChI=1S/C23H22Cl2N4O/c24-18-6-3-4-16(12-18)13-27-10-8-21-19(15-27)22(30)29(23-26-9-11-28(21)23)14-17-5-1-2-7-20(17)25/h1-7,12H,8-11,13-15H2. The molecule has 3 aliphatic heterocycles. The Balaban J connectivity index is 1.41. The first-order chi connectivity index (χ1) is 14.6. The van der Waals surface area contributed by atoms with Gasteiger partial charge in [0.25, 0.3) is 5.91 Å². The Kier molecular flexibility index (Phi) is 5.27. The highest BCUT2D eigenvalue weighted by atomic mass is 35.5. The van der Waals surface area contributed by atoms with Gasteiger partial charge < -0.3 is 4.90 Å². The van der Waals surface area contributed by atoms with E-state index in [9.17, 15) is 4.79 Å². The summed E-state index contributed by atoms with van der Waals surface area (Å²) < 4.78 is 0. The molecule has 1 amide bonds. The van der Waals surface area contributed by atoms with E-state index in [1.807, 2.05) is 42.5 Å². The van der Waals surface area contributed by atoms with Crippen LogP contribution >= 0.6 is 23.2 Å². The third kappa shape index (κ3) is 3.62. The smallest absolute Gasteiger partial charge is 0.259 e. The lowest BCUT2D eigenvalue weighted by Crippen LogP contribution is -2.53. The maximum Gasteiger partial charge on any atom is 0.259 e. The van der Waals surface area contributed by atoms with Gasteiger partial charge in [0, 0.05) is 48.3 Å². The number of aliphatic imine (C=N–C) groups is 1. The van der Waals surface area contributed by atoms with E-state index < -0.39 is 0 Å². The van der Waals surface area contributed by atoms with Gasteiger partial charge in [0.1, 0.15) is 0 Å². The lowest BCUT2D eigenvalue weighted by atomic mass is 10.00. The van der Waals surface area contributed by atoms with Gasteiger partial charge in [-0.3, -0.25) is 19.6 Å². The zero-order chi connectivity index (χ0) is 20.7.